The Morgan fingerprint density at radius 2 is 1.75 bits per heavy atom. The summed E-state index contributed by atoms with van der Waals surface area (Å²) in [6.45, 7) is 7.89. The van der Waals surface area contributed by atoms with Gasteiger partial charge < -0.3 is 5.32 Å². The second-order valence-corrected chi connectivity index (χ2v) is 4.55. The molecule has 1 N–H and O–H groups in total. The standard InChI is InChI=1S/C12H19N3O/c1-8(2)11(12(16)9(3)4)15-10-5-13-7-14-6-10/h5-9,11,15H,1-4H3/t11-/m0/s1. The van der Waals surface area contributed by atoms with Gasteiger partial charge in [-0.15, -0.1) is 0 Å². The highest BCUT2D eigenvalue weighted by atomic mass is 16.1. The number of rotatable bonds is 5. The van der Waals surface area contributed by atoms with Crippen LogP contribution in [-0.2, 0) is 4.79 Å². The number of nitrogens with zero attached hydrogens (tertiary/aromatic N) is 2. The first kappa shape index (κ1) is 12.6. The van der Waals surface area contributed by atoms with Gasteiger partial charge in [-0.05, 0) is 5.92 Å². The molecule has 88 valence electrons. The van der Waals surface area contributed by atoms with Gasteiger partial charge >= 0.3 is 0 Å². The van der Waals surface area contributed by atoms with Crippen LogP contribution >= 0.6 is 0 Å². The van der Waals surface area contributed by atoms with Crippen molar-refractivity contribution in [3.63, 3.8) is 0 Å². The average Bonchev–Trinajstić information content (AvgIpc) is 2.26. The van der Waals surface area contributed by atoms with Crippen molar-refractivity contribution in [3.8, 4) is 0 Å². The molecule has 1 heterocycles. The lowest BCUT2D eigenvalue weighted by atomic mass is 9.93. The second kappa shape index (κ2) is 5.58. The van der Waals surface area contributed by atoms with Crippen LogP contribution in [0.25, 0.3) is 0 Å². The molecule has 0 bridgehead atoms. The topological polar surface area (TPSA) is 54.9 Å². The van der Waals surface area contributed by atoms with Crippen molar-refractivity contribution < 1.29 is 4.79 Å². The molecule has 1 atom stereocenters. The van der Waals surface area contributed by atoms with E-state index in [2.05, 4.69) is 15.3 Å². The van der Waals surface area contributed by atoms with Gasteiger partial charge in [0.2, 0.25) is 0 Å². The fourth-order valence-electron chi connectivity index (χ4n) is 1.48. The van der Waals surface area contributed by atoms with Crippen molar-refractivity contribution >= 4 is 11.5 Å². The highest BCUT2D eigenvalue weighted by Crippen LogP contribution is 2.14. The van der Waals surface area contributed by atoms with Crippen molar-refractivity contribution in [2.75, 3.05) is 5.32 Å². The summed E-state index contributed by atoms with van der Waals surface area (Å²) < 4.78 is 0. The molecule has 0 radical (unpaired) electrons. The Bertz CT molecular complexity index is 335. The fourth-order valence-corrected chi connectivity index (χ4v) is 1.48. The predicted octanol–water partition coefficient (Wildman–Crippen LogP) is 2.14. The summed E-state index contributed by atoms with van der Waals surface area (Å²) in [6.07, 6.45) is 4.83. The van der Waals surface area contributed by atoms with E-state index < -0.39 is 0 Å². The first-order valence-electron chi connectivity index (χ1n) is 5.57. The molecule has 0 saturated carbocycles. The van der Waals surface area contributed by atoms with E-state index in [1.807, 2.05) is 27.7 Å². The second-order valence-electron chi connectivity index (χ2n) is 4.55. The average molecular weight is 221 g/mol. The zero-order chi connectivity index (χ0) is 12.1. The van der Waals surface area contributed by atoms with Gasteiger partial charge in [0.05, 0.1) is 24.1 Å². The highest BCUT2D eigenvalue weighted by Gasteiger charge is 2.24. The first-order chi connectivity index (χ1) is 7.52. The number of carbonyl (C=O) groups excluding carboxylic acids is 1. The number of ketones is 1. The minimum absolute atomic E-state index is 0.0320. The Labute approximate surface area is 96.5 Å². The Hall–Kier alpha value is -1.45. The molecule has 1 aromatic heterocycles. The number of carbonyl (C=O) groups is 1. The summed E-state index contributed by atoms with van der Waals surface area (Å²) in [5.41, 5.74) is 0.787. The Balaban J connectivity index is 2.77. The molecule has 4 heteroatoms. The molecule has 1 rings (SSSR count). The molecule has 0 saturated heterocycles. The maximum absolute atomic E-state index is 12.0. The Kier molecular flexibility index (Phi) is 4.40. The molecule has 16 heavy (non-hydrogen) atoms. The van der Waals surface area contributed by atoms with Gasteiger partial charge in [0.25, 0.3) is 0 Å². The normalized spacial score (nSPS) is 12.9. The zero-order valence-corrected chi connectivity index (χ0v) is 10.3. The van der Waals surface area contributed by atoms with Crippen LogP contribution in [0.15, 0.2) is 18.7 Å². The fraction of sp³-hybridized carbons (Fsp3) is 0.583. The van der Waals surface area contributed by atoms with Crippen LogP contribution in [0, 0.1) is 11.8 Å². The summed E-state index contributed by atoms with van der Waals surface area (Å²) in [7, 11) is 0. The lowest BCUT2D eigenvalue weighted by molar-refractivity contribution is -0.123. The minimum atomic E-state index is -0.175. The highest BCUT2D eigenvalue weighted by molar-refractivity contribution is 5.88. The van der Waals surface area contributed by atoms with Gasteiger partial charge in [-0.1, -0.05) is 27.7 Å². The SMILES string of the molecule is CC(C)C(=O)[C@@H](Nc1cncnc1)C(C)C. The van der Waals surface area contributed by atoms with E-state index in [4.69, 9.17) is 0 Å². The largest absolute Gasteiger partial charge is 0.373 e. The lowest BCUT2D eigenvalue weighted by Crippen LogP contribution is -2.37. The van der Waals surface area contributed by atoms with Crippen molar-refractivity contribution in [2.24, 2.45) is 11.8 Å². The minimum Gasteiger partial charge on any atom is -0.373 e. The van der Waals surface area contributed by atoms with Crippen LogP contribution in [0.4, 0.5) is 5.69 Å². The molecule has 0 aliphatic carbocycles. The van der Waals surface area contributed by atoms with Crippen LogP contribution in [0.5, 0.6) is 0 Å². The third-order valence-corrected chi connectivity index (χ3v) is 2.42. The molecule has 0 aliphatic rings. The van der Waals surface area contributed by atoms with Crippen molar-refractivity contribution in [1.82, 2.24) is 9.97 Å². The molecule has 0 unspecified atom stereocenters. The molecule has 0 spiro atoms. The molecular weight excluding hydrogens is 202 g/mol. The Morgan fingerprint density at radius 3 is 2.19 bits per heavy atom. The summed E-state index contributed by atoms with van der Waals surface area (Å²) in [5, 5.41) is 3.18. The summed E-state index contributed by atoms with van der Waals surface area (Å²) in [5.74, 6) is 0.499. The van der Waals surface area contributed by atoms with E-state index in [1.54, 1.807) is 12.4 Å². The van der Waals surface area contributed by atoms with Crippen LogP contribution < -0.4 is 5.32 Å². The van der Waals surface area contributed by atoms with E-state index >= 15 is 0 Å². The zero-order valence-electron chi connectivity index (χ0n) is 10.3. The summed E-state index contributed by atoms with van der Waals surface area (Å²) >= 11 is 0. The van der Waals surface area contributed by atoms with Crippen molar-refractivity contribution in [3.05, 3.63) is 18.7 Å². The van der Waals surface area contributed by atoms with Gasteiger partial charge in [0.15, 0.2) is 5.78 Å². The van der Waals surface area contributed by atoms with E-state index in [-0.39, 0.29) is 23.7 Å². The number of anilines is 1. The predicted molar refractivity (Wildman–Crippen MR) is 64.1 cm³/mol. The number of Topliss-reactive ketones (excluding diaryl/α,β-unsaturated/α-hetero) is 1. The van der Waals surface area contributed by atoms with Gasteiger partial charge in [-0.25, -0.2) is 9.97 Å². The van der Waals surface area contributed by atoms with E-state index in [0.717, 1.165) is 5.69 Å². The maximum Gasteiger partial charge on any atom is 0.157 e. The number of nitrogens with one attached hydrogen (secondary N) is 1. The molecule has 0 aromatic carbocycles. The quantitative estimate of drug-likeness (QED) is 0.827. The van der Waals surface area contributed by atoms with Gasteiger partial charge in [0, 0.05) is 5.92 Å². The smallest absolute Gasteiger partial charge is 0.157 e. The van der Waals surface area contributed by atoms with Crippen LogP contribution in [0.3, 0.4) is 0 Å². The van der Waals surface area contributed by atoms with Gasteiger partial charge in [-0.2, -0.15) is 0 Å². The van der Waals surface area contributed by atoms with Gasteiger partial charge in [-0.3, -0.25) is 4.79 Å². The summed E-state index contributed by atoms with van der Waals surface area (Å²) in [4.78, 5) is 19.8. The first-order valence-corrected chi connectivity index (χ1v) is 5.57. The van der Waals surface area contributed by atoms with E-state index in [1.165, 1.54) is 6.33 Å². The van der Waals surface area contributed by atoms with Crippen LogP contribution in [0.2, 0.25) is 0 Å². The third kappa shape index (κ3) is 3.29. The van der Waals surface area contributed by atoms with E-state index in [0.29, 0.717) is 0 Å². The van der Waals surface area contributed by atoms with Crippen molar-refractivity contribution in [2.45, 2.75) is 33.7 Å². The Morgan fingerprint density at radius 1 is 1.19 bits per heavy atom. The molecule has 1 aromatic rings. The monoisotopic (exact) mass is 221 g/mol. The lowest BCUT2D eigenvalue weighted by Gasteiger charge is -2.23. The molecular formula is C12H19N3O. The molecule has 0 aliphatic heterocycles. The molecule has 0 fully saturated rings. The van der Waals surface area contributed by atoms with Crippen LogP contribution in [0.1, 0.15) is 27.7 Å². The molecule has 4 nitrogen and oxygen atoms in total. The maximum atomic E-state index is 12.0. The van der Waals surface area contributed by atoms with Crippen LogP contribution in [-0.4, -0.2) is 21.8 Å². The number of hydrogen-bond donors (Lipinski definition) is 1. The number of aromatic nitrogens is 2. The van der Waals surface area contributed by atoms with E-state index in [9.17, 15) is 4.79 Å². The third-order valence-electron chi connectivity index (χ3n) is 2.42. The van der Waals surface area contributed by atoms with Gasteiger partial charge in [0.1, 0.15) is 6.33 Å². The molecule has 0 amide bonds. The number of hydrogen-bond acceptors (Lipinski definition) is 4. The van der Waals surface area contributed by atoms with Crippen molar-refractivity contribution in [1.29, 1.82) is 0 Å². The summed E-state index contributed by atoms with van der Waals surface area (Å²) in [6, 6.07) is -0.175.